The topological polar surface area (TPSA) is 49.7 Å². The number of hydrogen-bond donors (Lipinski definition) is 1. The molecule has 0 amide bonds. The number of rotatable bonds is 5. The molecule has 0 aliphatic heterocycles. The summed E-state index contributed by atoms with van der Waals surface area (Å²) in [5, 5.41) is 11.3. The van der Waals surface area contributed by atoms with E-state index in [1.165, 1.54) is 12.1 Å². The Morgan fingerprint density at radius 1 is 1.32 bits per heavy atom. The molecule has 3 nitrogen and oxygen atoms in total. The largest absolute Gasteiger partial charge is 0.411 e. The van der Waals surface area contributed by atoms with Crippen LogP contribution in [0, 0.1) is 0 Å². The van der Waals surface area contributed by atoms with Gasteiger partial charge in [0.2, 0.25) is 5.78 Å². The Hall–Kier alpha value is -1.79. The van der Waals surface area contributed by atoms with E-state index < -0.39 is 30.5 Å². The van der Waals surface area contributed by atoms with Gasteiger partial charge in [-0.2, -0.15) is 13.2 Å². The molecule has 7 heteroatoms. The van der Waals surface area contributed by atoms with Crippen LogP contribution < -0.4 is 5.46 Å². The molecule has 0 unspecified atom stereocenters. The van der Waals surface area contributed by atoms with Crippen LogP contribution in [0.15, 0.2) is 29.4 Å². The Kier molecular flexibility index (Phi) is 5.15. The third kappa shape index (κ3) is 4.77. The lowest BCUT2D eigenvalue weighted by Crippen LogP contribution is -2.19. The van der Waals surface area contributed by atoms with E-state index in [0.717, 1.165) is 12.7 Å². The van der Waals surface area contributed by atoms with Gasteiger partial charge >= 0.3 is 6.18 Å². The molecule has 0 saturated carbocycles. The number of carbonyl (C=O) groups is 1. The van der Waals surface area contributed by atoms with Gasteiger partial charge in [-0.1, -0.05) is 41.7 Å². The van der Waals surface area contributed by atoms with Crippen molar-refractivity contribution < 1.29 is 23.2 Å². The second-order valence-corrected chi connectivity index (χ2v) is 4.04. The van der Waals surface area contributed by atoms with Gasteiger partial charge in [0, 0.05) is 18.4 Å². The normalized spacial score (nSPS) is 12.3. The van der Waals surface area contributed by atoms with Gasteiger partial charge in [0.15, 0.2) is 7.28 Å². The van der Waals surface area contributed by atoms with Crippen molar-refractivity contribution in [3.63, 3.8) is 0 Å². The van der Waals surface area contributed by atoms with E-state index in [-0.39, 0.29) is 5.56 Å². The summed E-state index contributed by atoms with van der Waals surface area (Å²) in [5.41, 5.74) is 0.739. The molecule has 0 saturated heterocycles. The number of nitrogens with zero attached hydrogens (tertiary/aromatic N) is 1. The molecule has 0 heterocycles. The van der Waals surface area contributed by atoms with Crippen LogP contribution in [0.1, 0.15) is 23.2 Å². The number of halogens is 3. The van der Waals surface area contributed by atoms with Crippen molar-refractivity contribution in [1.29, 1.82) is 0 Å². The molecule has 0 bridgehead atoms. The van der Waals surface area contributed by atoms with Gasteiger partial charge in [-0.15, -0.1) is 0 Å². The SMILES string of the molecule is CBc1ccc(C(=O)/C(CCC(F)(F)F)=N/O)cc1. The van der Waals surface area contributed by atoms with E-state index in [1.807, 2.05) is 6.82 Å². The predicted molar refractivity (Wildman–Crippen MR) is 67.9 cm³/mol. The Balaban J connectivity index is 2.78. The summed E-state index contributed by atoms with van der Waals surface area (Å²) in [5.74, 6) is -0.686. The Bertz CT molecular complexity index is 469. The predicted octanol–water partition coefficient (Wildman–Crippen LogP) is 2.15. The van der Waals surface area contributed by atoms with E-state index in [2.05, 4.69) is 5.16 Å². The van der Waals surface area contributed by atoms with E-state index in [9.17, 15) is 18.0 Å². The third-order valence-electron chi connectivity index (χ3n) is 2.65. The maximum Gasteiger partial charge on any atom is 0.389 e. The fourth-order valence-corrected chi connectivity index (χ4v) is 1.53. The quantitative estimate of drug-likeness (QED) is 0.293. The number of benzene rings is 1. The van der Waals surface area contributed by atoms with Crippen LogP contribution in [0.25, 0.3) is 0 Å². The first-order valence-corrected chi connectivity index (χ1v) is 5.78. The van der Waals surface area contributed by atoms with Crippen molar-refractivity contribution in [2.24, 2.45) is 5.16 Å². The number of oxime groups is 1. The van der Waals surface area contributed by atoms with Crippen molar-refractivity contribution >= 4 is 24.2 Å². The van der Waals surface area contributed by atoms with Crippen LogP contribution in [-0.4, -0.2) is 30.2 Å². The van der Waals surface area contributed by atoms with Crippen LogP contribution in [0.4, 0.5) is 13.2 Å². The minimum absolute atomic E-state index is 0.215. The van der Waals surface area contributed by atoms with Crippen molar-refractivity contribution in [2.75, 3.05) is 0 Å². The third-order valence-corrected chi connectivity index (χ3v) is 2.65. The molecule has 1 aromatic rings. The van der Waals surface area contributed by atoms with Crippen molar-refractivity contribution in [3.05, 3.63) is 29.8 Å². The standard InChI is InChI=1S/C12H13BF3NO2/c1-13-9-4-2-8(3-5-9)11(18)10(17-19)6-7-12(14,15)16/h2-5,13,19H,6-7H2,1H3/b17-10+. The first-order valence-electron chi connectivity index (χ1n) is 5.78. The smallest absolute Gasteiger partial charge is 0.389 e. The number of alkyl halides is 3. The second-order valence-electron chi connectivity index (χ2n) is 4.04. The van der Waals surface area contributed by atoms with Crippen LogP contribution in [0.3, 0.4) is 0 Å². The van der Waals surface area contributed by atoms with Crippen LogP contribution in [-0.2, 0) is 0 Å². The molecule has 0 spiro atoms. The van der Waals surface area contributed by atoms with Gasteiger partial charge in [0.25, 0.3) is 0 Å². The van der Waals surface area contributed by atoms with E-state index >= 15 is 0 Å². The summed E-state index contributed by atoms with van der Waals surface area (Å²) >= 11 is 0. The lowest BCUT2D eigenvalue weighted by molar-refractivity contribution is -0.132. The Morgan fingerprint density at radius 3 is 2.32 bits per heavy atom. The van der Waals surface area contributed by atoms with Crippen LogP contribution >= 0.6 is 0 Å². The van der Waals surface area contributed by atoms with Gasteiger partial charge in [0.1, 0.15) is 5.71 Å². The monoisotopic (exact) mass is 271 g/mol. The van der Waals surface area contributed by atoms with Gasteiger partial charge in [-0.25, -0.2) is 0 Å². The van der Waals surface area contributed by atoms with Gasteiger partial charge in [0.05, 0.1) is 0 Å². The first kappa shape index (κ1) is 15.3. The molecule has 19 heavy (non-hydrogen) atoms. The van der Waals surface area contributed by atoms with Gasteiger partial charge < -0.3 is 5.21 Å². The second kappa shape index (κ2) is 6.40. The zero-order valence-corrected chi connectivity index (χ0v) is 10.4. The average Bonchev–Trinajstić information content (AvgIpc) is 2.38. The molecule has 0 fully saturated rings. The van der Waals surface area contributed by atoms with E-state index in [0.29, 0.717) is 0 Å². The molecule has 1 aromatic carbocycles. The lowest BCUT2D eigenvalue weighted by Gasteiger charge is -2.07. The van der Waals surface area contributed by atoms with E-state index in [1.54, 1.807) is 12.1 Å². The number of hydrogen-bond acceptors (Lipinski definition) is 3. The highest BCUT2D eigenvalue weighted by molar-refractivity contribution is 6.52. The fraction of sp³-hybridized carbons (Fsp3) is 0.333. The molecule has 102 valence electrons. The maximum absolute atomic E-state index is 12.1. The molecule has 1 rings (SSSR count). The van der Waals surface area contributed by atoms with Gasteiger partial charge in [-0.3, -0.25) is 4.79 Å². The fourth-order valence-electron chi connectivity index (χ4n) is 1.53. The van der Waals surface area contributed by atoms with Crippen molar-refractivity contribution in [2.45, 2.75) is 25.8 Å². The Morgan fingerprint density at radius 2 is 1.89 bits per heavy atom. The zero-order chi connectivity index (χ0) is 14.5. The zero-order valence-electron chi connectivity index (χ0n) is 10.4. The molecule has 0 radical (unpaired) electrons. The van der Waals surface area contributed by atoms with Gasteiger partial charge in [-0.05, 0) is 0 Å². The lowest BCUT2D eigenvalue weighted by atomic mass is 9.73. The van der Waals surface area contributed by atoms with E-state index in [4.69, 9.17) is 5.21 Å². The summed E-state index contributed by atoms with van der Waals surface area (Å²) in [6.45, 7) is 1.95. The summed E-state index contributed by atoms with van der Waals surface area (Å²) in [7, 11) is 0.795. The molecule has 0 aromatic heterocycles. The minimum atomic E-state index is -4.39. The molecule has 0 aliphatic carbocycles. The highest BCUT2D eigenvalue weighted by atomic mass is 19.4. The van der Waals surface area contributed by atoms with Crippen LogP contribution in [0.2, 0.25) is 6.82 Å². The van der Waals surface area contributed by atoms with Crippen molar-refractivity contribution in [3.8, 4) is 0 Å². The highest BCUT2D eigenvalue weighted by Gasteiger charge is 2.29. The first-order chi connectivity index (χ1) is 8.87. The maximum atomic E-state index is 12.1. The number of ketones is 1. The number of carbonyl (C=O) groups excluding carboxylic acids is 1. The summed E-state index contributed by atoms with van der Waals surface area (Å²) in [6.07, 6.45) is -6.21. The average molecular weight is 271 g/mol. The summed E-state index contributed by atoms with van der Waals surface area (Å²) < 4.78 is 36.2. The minimum Gasteiger partial charge on any atom is -0.411 e. The Labute approximate surface area is 109 Å². The van der Waals surface area contributed by atoms with Crippen LogP contribution in [0.5, 0.6) is 0 Å². The van der Waals surface area contributed by atoms with Crippen molar-refractivity contribution in [1.82, 2.24) is 0 Å². The summed E-state index contributed by atoms with van der Waals surface area (Å²) in [6, 6.07) is 6.46. The molecular weight excluding hydrogens is 258 g/mol. The number of Topliss-reactive ketones (excluding diaryl/α,β-unsaturated/α-hetero) is 1. The molecule has 0 atom stereocenters. The molecule has 1 N–H and O–H groups in total. The molecular formula is C12H13BF3NO2. The highest BCUT2D eigenvalue weighted by Crippen LogP contribution is 2.22. The molecule has 0 aliphatic rings. The summed E-state index contributed by atoms with van der Waals surface area (Å²) in [4.78, 5) is 11.8.